The summed E-state index contributed by atoms with van der Waals surface area (Å²) in [4.78, 5) is 0. The van der Waals surface area contributed by atoms with Crippen LogP contribution < -0.4 is 10.1 Å². The molecule has 0 fully saturated rings. The molecule has 0 spiro atoms. The summed E-state index contributed by atoms with van der Waals surface area (Å²) in [5.41, 5.74) is 1.91. The average Bonchev–Trinajstić information content (AvgIpc) is 2.49. The zero-order valence-electron chi connectivity index (χ0n) is 11.9. The van der Waals surface area contributed by atoms with Crippen molar-refractivity contribution in [3.8, 4) is 5.75 Å². The molecule has 0 bridgehead atoms. The average molecular weight is 273 g/mol. The van der Waals surface area contributed by atoms with Crippen molar-refractivity contribution in [1.29, 1.82) is 0 Å². The van der Waals surface area contributed by atoms with Gasteiger partial charge in [0.1, 0.15) is 11.6 Å². The molecule has 0 aliphatic rings. The molecule has 3 heteroatoms. The second-order valence-corrected chi connectivity index (χ2v) is 4.79. The second-order valence-electron chi connectivity index (χ2n) is 4.79. The number of rotatable bonds is 6. The standard InChI is InChI=1S/C17H20FNO/c1-13(15-7-5-8-16(12-15)20-2)19-11-10-14-6-3-4-9-17(14)18/h3-9,12-13,19H,10-11H2,1-2H3/t13-/m1/s1. The largest absolute Gasteiger partial charge is 0.497 e. The van der Waals surface area contributed by atoms with Crippen LogP contribution in [0, 0.1) is 5.82 Å². The Balaban J connectivity index is 1.89. The lowest BCUT2D eigenvalue weighted by Crippen LogP contribution is -2.21. The van der Waals surface area contributed by atoms with Gasteiger partial charge in [-0.3, -0.25) is 0 Å². The van der Waals surface area contributed by atoms with E-state index in [0.717, 1.165) is 23.4 Å². The van der Waals surface area contributed by atoms with Crippen LogP contribution >= 0.6 is 0 Å². The highest BCUT2D eigenvalue weighted by atomic mass is 19.1. The molecule has 0 aliphatic heterocycles. The SMILES string of the molecule is COc1cccc([C@@H](C)NCCc2ccccc2F)c1. The maximum absolute atomic E-state index is 13.5. The van der Waals surface area contributed by atoms with E-state index in [2.05, 4.69) is 18.3 Å². The number of halogens is 1. The van der Waals surface area contributed by atoms with Crippen molar-refractivity contribution < 1.29 is 9.13 Å². The van der Waals surface area contributed by atoms with Crippen LogP contribution in [0.3, 0.4) is 0 Å². The highest BCUT2D eigenvalue weighted by Gasteiger charge is 2.06. The molecular weight excluding hydrogens is 253 g/mol. The van der Waals surface area contributed by atoms with Gasteiger partial charge in [0.15, 0.2) is 0 Å². The molecule has 0 aromatic heterocycles. The fraction of sp³-hybridized carbons (Fsp3) is 0.294. The molecule has 0 aliphatic carbocycles. The van der Waals surface area contributed by atoms with E-state index >= 15 is 0 Å². The zero-order valence-corrected chi connectivity index (χ0v) is 11.9. The number of benzene rings is 2. The molecule has 0 amide bonds. The summed E-state index contributed by atoms with van der Waals surface area (Å²) < 4.78 is 18.7. The summed E-state index contributed by atoms with van der Waals surface area (Å²) in [5, 5.41) is 3.40. The molecule has 2 rings (SSSR count). The predicted molar refractivity (Wildman–Crippen MR) is 79.5 cm³/mol. The first kappa shape index (κ1) is 14.5. The Morgan fingerprint density at radius 3 is 2.70 bits per heavy atom. The lowest BCUT2D eigenvalue weighted by molar-refractivity contribution is 0.413. The molecule has 0 heterocycles. The van der Waals surface area contributed by atoms with Crippen molar-refractivity contribution in [3.63, 3.8) is 0 Å². The minimum Gasteiger partial charge on any atom is -0.497 e. The van der Waals surface area contributed by atoms with E-state index < -0.39 is 0 Å². The van der Waals surface area contributed by atoms with E-state index in [4.69, 9.17) is 4.74 Å². The van der Waals surface area contributed by atoms with Gasteiger partial charge in [0.05, 0.1) is 7.11 Å². The van der Waals surface area contributed by atoms with Gasteiger partial charge in [-0.1, -0.05) is 30.3 Å². The van der Waals surface area contributed by atoms with Crippen LogP contribution in [0.5, 0.6) is 5.75 Å². The minimum atomic E-state index is -0.136. The molecular formula is C17H20FNO. The maximum Gasteiger partial charge on any atom is 0.126 e. The third-order valence-electron chi connectivity index (χ3n) is 3.40. The first-order chi connectivity index (χ1) is 9.70. The highest BCUT2D eigenvalue weighted by molar-refractivity contribution is 5.30. The van der Waals surface area contributed by atoms with Crippen LogP contribution in [0.2, 0.25) is 0 Å². The molecule has 0 radical (unpaired) electrons. The minimum absolute atomic E-state index is 0.136. The molecule has 1 atom stereocenters. The van der Waals surface area contributed by atoms with Gasteiger partial charge in [-0.25, -0.2) is 4.39 Å². The Hall–Kier alpha value is -1.87. The Morgan fingerprint density at radius 1 is 1.15 bits per heavy atom. The van der Waals surface area contributed by atoms with Gasteiger partial charge in [-0.15, -0.1) is 0 Å². The number of methoxy groups -OCH3 is 1. The van der Waals surface area contributed by atoms with Gasteiger partial charge in [0.2, 0.25) is 0 Å². The summed E-state index contributed by atoms with van der Waals surface area (Å²) >= 11 is 0. The fourth-order valence-electron chi connectivity index (χ4n) is 2.15. The van der Waals surface area contributed by atoms with Crippen LogP contribution in [0.25, 0.3) is 0 Å². The Morgan fingerprint density at radius 2 is 1.95 bits per heavy atom. The Kier molecular flexibility index (Phi) is 5.13. The maximum atomic E-state index is 13.5. The summed E-state index contributed by atoms with van der Waals surface area (Å²) in [6.07, 6.45) is 0.682. The molecule has 20 heavy (non-hydrogen) atoms. The number of ether oxygens (including phenoxy) is 1. The lowest BCUT2D eigenvalue weighted by Gasteiger charge is -2.15. The van der Waals surface area contributed by atoms with Crippen molar-refractivity contribution >= 4 is 0 Å². The molecule has 2 aromatic carbocycles. The van der Waals surface area contributed by atoms with Gasteiger partial charge in [0, 0.05) is 6.04 Å². The van der Waals surface area contributed by atoms with Crippen molar-refractivity contribution in [2.45, 2.75) is 19.4 Å². The van der Waals surface area contributed by atoms with Crippen LogP contribution in [-0.2, 0) is 6.42 Å². The monoisotopic (exact) mass is 273 g/mol. The summed E-state index contributed by atoms with van der Waals surface area (Å²) in [6, 6.07) is 15.1. The number of nitrogens with one attached hydrogen (secondary N) is 1. The van der Waals surface area contributed by atoms with Crippen LogP contribution in [0.1, 0.15) is 24.1 Å². The highest BCUT2D eigenvalue weighted by Crippen LogP contribution is 2.18. The van der Waals surface area contributed by atoms with E-state index in [1.165, 1.54) is 6.07 Å². The van der Waals surface area contributed by atoms with Crippen LogP contribution in [0.4, 0.5) is 4.39 Å². The van der Waals surface area contributed by atoms with E-state index in [1.54, 1.807) is 13.2 Å². The summed E-state index contributed by atoms with van der Waals surface area (Å²) in [6.45, 7) is 2.83. The van der Waals surface area contributed by atoms with E-state index in [1.807, 2.05) is 30.3 Å². The first-order valence-electron chi connectivity index (χ1n) is 6.81. The normalized spacial score (nSPS) is 12.2. The summed E-state index contributed by atoms with van der Waals surface area (Å²) in [5.74, 6) is 0.716. The smallest absolute Gasteiger partial charge is 0.126 e. The predicted octanol–water partition coefficient (Wildman–Crippen LogP) is 3.73. The zero-order chi connectivity index (χ0) is 14.4. The van der Waals surface area contributed by atoms with Gasteiger partial charge in [0.25, 0.3) is 0 Å². The van der Waals surface area contributed by atoms with Crippen LogP contribution in [0.15, 0.2) is 48.5 Å². The summed E-state index contributed by atoms with van der Waals surface area (Å²) in [7, 11) is 1.66. The first-order valence-corrected chi connectivity index (χ1v) is 6.81. The molecule has 2 nitrogen and oxygen atoms in total. The topological polar surface area (TPSA) is 21.3 Å². The third kappa shape index (κ3) is 3.81. The molecule has 0 unspecified atom stereocenters. The van der Waals surface area contributed by atoms with E-state index in [9.17, 15) is 4.39 Å². The van der Waals surface area contributed by atoms with Crippen molar-refractivity contribution in [3.05, 3.63) is 65.5 Å². The van der Waals surface area contributed by atoms with Gasteiger partial charge in [-0.05, 0) is 49.2 Å². The molecule has 0 saturated carbocycles. The quantitative estimate of drug-likeness (QED) is 0.866. The van der Waals surface area contributed by atoms with E-state index in [-0.39, 0.29) is 11.9 Å². The van der Waals surface area contributed by atoms with Crippen LogP contribution in [-0.4, -0.2) is 13.7 Å². The molecule has 0 saturated heterocycles. The molecule has 106 valence electrons. The van der Waals surface area contributed by atoms with Gasteiger partial charge >= 0.3 is 0 Å². The van der Waals surface area contributed by atoms with Gasteiger partial charge < -0.3 is 10.1 Å². The second kappa shape index (κ2) is 7.06. The van der Waals surface area contributed by atoms with E-state index in [0.29, 0.717) is 6.42 Å². The molecule has 2 aromatic rings. The Bertz CT molecular complexity index is 556. The number of hydrogen-bond donors (Lipinski definition) is 1. The molecule has 1 N–H and O–H groups in total. The Labute approximate surface area is 119 Å². The third-order valence-corrected chi connectivity index (χ3v) is 3.40. The fourth-order valence-corrected chi connectivity index (χ4v) is 2.15. The van der Waals surface area contributed by atoms with Crippen molar-refractivity contribution in [2.75, 3.05) is 13.7 Å². The number of hydrogen-bond acceptors (Lipinski definition) is 2. The van der Waals surface area contributed by atoms with Crippen molar-refractivity contribution in [2.24, 2.45) is 0 Å². The lowest BCUT2D eigenvalue weighted by atomic mass is 10.1. The van der Waals surface area contributed by atoms with Crippen molar-refractivity contribution in [1.82, 2.24) is 5.32 Å². The van der Waals surface area contributed by atoms with Gasteiger partial charge in [-0.2, -0.15) is 0 Å².